The van der Waals surface area contributed by atoms with Crippen molar-refractivity contribution < 1.29 is 18.0 Å². The molecular weight excluding hydrogens is 579 g/mol. The van der Waals surface area contributed by atoms with E-state index < -0.39 is 17.8 Å². The second kappa shape index (κ2) is 9.50. The highest BCUT2D eigenvalue weighted by molar-refractivity contribution is 9.10. The number of fused-ring (bicyclic) bond motifs is 2. The molecule has 0 saturated carbocycles. The molecule has 196 valence electrons. The number of nitriles is 1. The molecule has 11 heteroatoms. The van der Waals surface area contributed by atoms with Gasteiger partial charge in [0.2, 0.25) is 0 Å². The van der Waals surface area contributed by atoms with Crippen LogP contribution in [0.2, 0.25) is 0 Å². The highest BCUT2D eigenvalue weighted by Gasteiger charge is 2.36. The number of amides is 1. The van der Waals surface area contributed by atoms with E-state index in [4.69, 9.17) is 0 Å². The summed E-state index contributed by atoms with van der Waals surface area (Å²) in [6, 6.07) is 9.81. The lowest BCUT2D eigenvalue weighted by Crippen LogP contribution is -2.26. The number of anilines is 1. The van der Waals surface area contributed by atoms with Crippen LogP contribution in [0.5, 0.6) is 0 Å². The number of hydrogen-bond donors (Lipinski definition) is 1. The van der Waals surface area contributed by atoms with Crippen LogP contribution in [0.25, 0.3) is 16.9 Å². The summed E-state index contributed by atoms with van der Waals surface area (Å²) in [7, 11) is 0. The minimum atomic E-state index is -4.73. The fourth-order valence-corrected chi connectivity index (χ4v) is 6.33. The van der Waals surface area contributed by atoms with Crippen LogP contribution < -0.4 is 5.32 Å². The first-order valence-electron chi connectivity index (χ1n) is 11.9. The van der Waals surface area contributed by atoms with E-state index in [-0.39, 0.29) is 22.3 Å². The summed E-state index contributed by atoms with van der Waals surface area (Å²) >= 11 is 4.68. The lowest BCUT2D eigenvalue weighted by molar-refractivity contribution is -0.142. The molecule has 1 aromatic carbocycles. The SMILES string of the molecule is CC(C)(C)[C@H]1CCc2c(sc(NC(=O)c3cnn4c(C(F)(F)F)cc(-c5ccc(Br)cc5)nc34)c2C#N)C1. The van der Waals surface area contributed by atoms with Crippen molar-refractivity contribution in [2.75, 3.05) is 5.32 Å². The summed E-state index contributed by atoms with van der Waals surface area (Å²) in [5.41, 5.74) is 0.620. The lowest BCUT2D eigenvalue weighted by Gasteiger charge is -2.33. The van der Waals surface area contributed by atoms with Crippen molar-refractivity contribution in [2.45, 2.75) is 46.2 Å². The number of nitrogens with zero attached hydrogens (tertiary/aromatic N) is 4. The fraction of sp³-hybridized carbons (Fsp3) is 0.333. The molecule has 3 aromatic heterocycles. The molecule has 1 aliphatic rings. The van der Waals surface area contributed by atoms with E-state index >= 15 is 0 Å². The van der Waals surface area contributed by atoms with Crippen LogP contribution in [0.1, 0.15) is 59.2 Å². The van der Waals surface area contributed by atoms with Crippen molar-refractivity contribution in [3.8, 4) is 17.3 Å². The second-order valence-corrected chi connectivity index (χ2v) is 12.4. The number of halogens is 4. The van der Waals surface area contributed by atoms with Gasteiger partial charge in [0.15, 0.2) is 11.3 Å². The second-order valence-electron chi connectivity index (χ2n) is 10.4. The Kier molecular flexibility index (Phi) is 6.60. The molecular formula is C27H23BrF3N5OS. The lowest BCUT2D eigenvalue weighted by atomic mass is 9.72. The molecule has 5 rings (SSSR count). The van der Waals surface area contributed by atoms with Crippen LogP contribution in [0.4, 0.5) is 18.2 Å². The molecule has 0 saturated heterocycles. The predicted octanol–water partition coefficient (Wildman–Crippen LogP) is 7.51. The third-order valence-corrected chi connectivity index (χ3v) is 8.67. The van der Waals surface area contributed by atoms with Gasteiger partial charge in [0.05, 0.1) is 17.5 Å². The monoisotopic (exact) mass is 601 g/mol. The number of carbonyl (C=O) groups is 1. The first kappa shape index (κ1) is 26.4. The van der Waals surface area contributed by atoms with Crippen molar-refractivity contribution in [1.82, 2.24) is 14.6 Å². The van der Waals surface area contributed by atoms with Crippen molar-refractivity contribution in [3.63, 3.8) is 0 Å². The van der Waals surface area contributed by atoms with Gasteiger partial charge in [-0.1, -0.05) is 48.8 Å². The summed E-state index contributed by atoms with van der Waals surface area (Å²) in [6.07, 6.45) is -1.14. The Hall–Kier alpha value is -3.23. The predicted molar refractivity (Wildman–Crippen MR) is 143 cm³/mol. The van der Waals surface area contributed by atoms with E-state index in [1.54, 1.807) is 24.3 Å². The Morgan fingerprint density at radius 3 is 2.58 bits per heavy atom. The fourth-order valence-electron chi connectivity index (χ4n) is 4.80. The minimum Gasteiger partial charge on any atom is -0.312 e. The summed E-state index contributed by atoms with van der Waals surface area (Å²) < 4.78 is 43.2. The molecule has 0 bridgehead atoms. The maximum absolute atomic E-state index is 13.9. The Morgan fingerprint density at radius 1 is 1.24 bits per heavy atom. The molecule has 4 aromatic rings. The first-order valence-corrected chi connectivity index (χ1v) is 13.6. The van der Waals surface area contributed by atoms with Gasteiger partial charge in [-0.25, -0.2) is 9.50 Å². The number of hydrogen-bond acceptors (Lipinski definition) is 5. The van der Waals surface area contributed by atoms with Gasteiger partial charge in [0, 0.05) is 14.9 Å². The average molecular weight is 602 g/mol. The van der Waals surface area contributed by atoms with Gasteiger partial charge in [0.1, 0.15) is 16.6 Å². The van der Waals surface area contributed by atoms with Gasteiger partial charge in [-0.3, -0.25) is 4.79 Å². The van der Waals surface area contributed by atoms with E-state index in [0.29, 0.717) is 26.6 Å². The maximum atomic E-state index is 13.9. The molecule has 0 radical (unpaired) electrons. The molecule has 0 aliphatic heterocycles. The van der Waals surface area contributed by atoms with E-state index in [1.165, 1.54) is 11.3 Å². The summed E-state index contributed by atoms with van der Waals surface area (Å²) in [5.74, 6) is -0.221. The number of aromatic nitrogens is 3. The van der Waals surface area contributed by atoms with Crippen LogP contribution in [0.3, 0.4) is 0 Å². The zero-order valence-corrected chi connectivity index (χ0v) is 23.2. The number of benzene rings is 1. The van der Waals surface area contributed by atoms with Crippen molar-refractivity contribution in [3.05, 3.63) is 68.3 Å². The molecule has 1 N–H and O–H groups in total. The van der Waals surface area contributed by atoms with Crippen LogP contribution >= 0.6 is 27.3 Å². The largest absolute Gasteiger partial charge is 0.433 e. The molecule has 6 nitrogen and oxygen atoms in total. The quantitative estimate of drug-likeness (QED) is 0.263. The standard InChI is InChI=1S/C27H23BrF3N5OS/c1-26(2,3)15-6-9-17-18(12-32)25(38-21(17)10-15)35-24(37)19-13-33-36-22(27(29,30)31)11-20(34-23(19)36)14-4-7-16(28)8-5-14/h4-5,7-8,11,13,15H,6,9-10H2,1-3H3,(H,35,37)/t15-/m0/s1. The summed E-state index contributed by atoms with van der Waals surface area (Å²) in [4.78, 5) is 18.8. The van der Waals surface area contributed by atoms with Gasteiger partial charge in [-0.05, 0) is 54.4 Å². The van der Waals surface area contributed by atoms with E-state index in [2.05, 4.69) is 58.2 Å². The zero-order valence-electron chi connectivity index (χ0n) is 20.8. The van der Waals surface area contributed by atoms with Gasteiger partial charge < -0.3 is 5.32 Å². The zero-order chi connectivity index (χ0) is 27.4. The van der Waals surface area contributed by atoms with E-state index in [1.807, 2.05) is 0 Å². The van der Waals surface area contributed by atoms with E-state index in [0.717, 1.165) is 46.4 Å². The number of rotatable bonds is 3. The third kappa shape index (κ3) is 4.83. The number of nitrogens with one attached hydrogen (secondary N) is 1. The molecule has 3 heterocycles. The average Bonchev–Trinajstić information content (AvgIpc) is 3.43. The molecule has 0 fully saturated rings. The molecule has 1 atom stereocenters. The highest BCUT2D eigenvalue weighted by Crippen LogP contribution is 2.44. The van der Waals surface area contributed by atoms with Crippen LogP contribution in [0, 0.1) is 22.7 Å². The number of thiophene rings is 1. The minimum absolute atomic E-state index is 0.0596. The Labute approximate surface area is 229 Å². The Morgan fingerprint density at radius 2 is 1.95 bits per heavy atom. The topological polar surface area (TPSA) is 83.1 Å². The molecule has 0 unspecified atom stereocenters. The summed E-state index contributed by atoms with van der Waals surface area (Å²) in [6.45, 7) is 6.58. The smallest absolute Gasteiger partial charge is 0.312 e. The number of carbonyl (C=O) groups excluding carboxylic acids is 1. The van der Waals surface area contributed by atoms with Crippen molar-refractivity contribution >= 4 is 43.8 Å². The van der Waals surface area contributed by atoms with Gasteiger partial charge >= 0.3 is 6.18 Å². The van der Waals surface area contributed by atoms with Crippen LogP contribution in [-0.2, 0) is 19.0 Å². The molecule has 1 amide bonds. The Balaban J connectivity index is 1.54. The van der Waals surface area contributed by atoms with E-state index in [9.17, 15) is 23.2 Å². The molecule has 38 heavy (non-hydrogen) atoms. The first-order chi connectivity index (χ1) is 17.9. The summed E-state index contributed by atoms with van der Waals surface area (Å²) in [5, 5.41) is 16.9. The van der Waals surface area contributed by atoms with Crippen LogP contribution in [0.15, 0.2) is 41.0 Å². The third-order valence-electron chi connectivity index (χ3n) is 6.98. The van der Waals surface area contributed by atoms with Gasteiger partial charge in [0.25, 0.3) is 5.91 Å². The van der Waals surface area contributed by atoms with Crippen molar-refractivity contribution in [2.24, 2.45) is 11.3 Å². The number of alkyl halides is 3. The van der Waals surface area contributed by atoms with Crippen LogP contribution in [-0.4, -0.2) is 20.5 Å². The molecule has 1 aliphatic carbocycles. The van der Waals surface area contributed by atoms with Gasteiger partial charge in [-0.2, -0.15) is 23.5 Å². The van der Waals surface area contributed by atoms with Gasteiger partial charge in [-0.15, -0.1) is 11.3 Å². The normalized spacial score (nSPS) is 15.8. The highest BCUT2D eigenvalue weighted by atomic mass is 79.9. The molecule has 0 spiro atoms. The maximum Gasteiger partial charge on any atom is 0.433 e. The Bertz CT molecular complexity index is 1590. The van der Waals surface area contributed by atoms with Crippen molar-refractivity contribution in [1.29, 1.82) is 5.26 Å².